The Balaban J connectivity index is 0.000000424. The molecule has 0 N–H and O–H groups in total. The molecule has 1 rings (SSSR count). The van der Waals surface area contributed by atoms with E-state index in [2.05, 4.69) is 25.3 Å². The van der Waals surface area contributed by atoms with E-state index in [1.54, 1.807) is 26.4 Å². The van der Waals surface area contributed by atoms with E-state index in [-0.39, 0.29) is 0 Å². The molecule has 1 radical (unpaired) electrons. The molecule has 1 aromatic rings. The van der Waals surface area contributed by atoms with Gasteiger partial charge in [0.2, 0.25) is 0 Å². The molecule has 1 aromatic carbocycles. The second-order valence-electron chi connectivity index (χ2n) is 1.88. The van der Waals surface area contributed by atoms with Crippen LogP contribution in [-0.2, 0) is 19.2 Å². The van der Waals surface area contributed by atoms with Crippen LogP contribution in [0.25, 0.3) is 0 Å². The standard InChI is InChI=1S/C8H9O2.CH2Cl.Pd/c1-9-7-3-5-8(10-2)6-4-7;1-2;/h3-5H,1-2H3;1H2;. The summed E-state index contributed by atoms with van der Waals surface area (Å²) in [6, 6.07) is 8.26. The van der Waals surface area contributed by atoms with E-state index in [0.717, 1.165) is 11.5 Å². The predicted molar refractivity (Wildman–Crippen MR) is 49.1 cm³/mol. The molecule has 0 saturated heterocycles. The first-order valence-corrected chi connectivity index (χ1v) is 5.09. The summed E-state index contributed by atoms with van der Waals surface area (Å²) in [6.45, 7) is 0. The molecule has 0 aliphatic carbocycles. The Kier molecular flexibility index (Phi) is 8.23. The summed E-state index contributed by atoms with van der Waals surface area (Å²) in [5.74, 6) is 1.52. The van der Waals surface area contributed by atoms with Crippen LogP contribution in [0, 0.1) is 6.07 Å². The van der Waals surface area contributed by atoms with Gasteiger partial charge in [-0.1, -0.05) is 0 Å². The van der Waals surface area contributed by atoms with Crippen molar-refractivity contribution in [1.82, 2.24) is 0 Å². The van der Waals surface area contributed by atoms with Crippen LogP contribution in [0.1, 0.15) is 0 Å². The van der Waals surface area contributed by atoms with Crippen LogP contribution in [0.3, 0.4) is 0 Å². The summed E-state index contributed by atoms with van der Waals surface area (Å²) in [7, 11) is 3.23. The number of alkyl halides is 1. The minimum atomic E-state index is 0.572. The van der Waals surface area contributed by atoms with Crippen LogP contribution in [0.2, 0.25) is 0 Å². The summed E-state index contributed by atoms with van der Waals surface area (Å²) in [4.78, 5) is 0. The molecule has 0 fully saturated rings. The Morgan fingerprint density at radius 2 is 2.00 bits per heavy atom. The summed E-state index contributed by atoms with van der Waals surface area (Å²) in [5.41, 5.74) is 0. The van der Waals surface area contributed by atoms with E-state index in [1.807, 2.05) is 6.07 Å². The average molecular weight is 293 g/mol. The molecule has 4 heteroatoms. The van der Waals surface area contributed by atoms with E-state index in [4.69, 9.17) is 21.1 Å². The molecule has 13 heavy (non-hydrogen) atoms. The van der Waals surface area contributed by atoms with Gasteiger partial charge in [0, 0.05) is 6.07 Å². The molecule has 76 valence electrons. The third-order valence-corrected chi connectivity index (χ3v) is 1.21. The number of benzene rings is 1. The van der Waals surface area contributed by atoms with Crippen molar-refractivity contribution in [2.24, 2.45) is 0 Å². The second kappa shape index (κ2) is 8.37. The van der Waals surface area contributed by atoms with Gasteiger partial charge in [0.05, 0.1) is 14.2 Å². The second-order valence-corrected chi connectivity index (χ2v) is 3.30. The van der Waals surface area contributed by atoms with Crippen molar-refractivity contribution >= 4 is 11.6 Å². The first-order valence-electron chi connectivity index (χ1n) is 3.45. The van der Waals surface area contributed by atoms with Gasteiger partial charge < -0.3 is 9.47 Å². The molecule has 0 heterocycles. The van der Waals surface area contributed by atoms with Crippen LogP contribution < -0.4 is 9.47 Å². The number of halogens is 1. The number of ether oxygens (including phenoxy) is 2. The zero-order valence-corrected chi connectivity index (χ0v) is 9.76. The molecule has 0 unspecified atom stereocenters. The summed E-state index contributed by atoms with van der Waals surface area (Å²) < 4.78 is 10.4. The van der Waals surface area contributed by atoms with E-state index in [1.165, 1.54) is 0 Å². The molecule has 0 atom stereocenters. The summed E-state index contributed by atoms with van der Waals surface area (Å²) in [6.07, 6.45) is 0. The summed E-state index contributed by atoms with van der Waals surface area (Å²) >= 11 is 7.64. The maximum atomic E-state index is 4.93. The Morgan fingerprint density at radius 3 is 2.31 bits per heavy atom. The molecular weight excluding hydrogens is 282 g/mol. The molecule has 0 saturated carbocycles. The van der Waals surface area contributed by atoms with Gasteiger partial charge in [-0.15, -0.1) is 0 Å². The fourth-order valence-electron chi connectivity index (χ4n) is 0.650. The fourth-order valence-corrected chi connectivity index (χ4v) is 0.650. The van der Waals surface area contributed by atoms with E-state index in [9.17, 15) is 0 Å². The predicted octanol–water partition coefficient (Wildman–Crippen LogP) is 2.23. The Bertz CT molecular complexity index is 190. The Labute approximate surface area is 94.6 Å². The zero-order valence-electron chi connectivity index (χ0n) is 7.45. The third-order valence-electron chi connectivity index (χ3n) is 1.21. The fraction of sp³-hybridized carbons (Fsp3) is 0.333. The summed E-state index contributed by atoms with van der Waals surface area (Å²) in [5, 5.41) is 0. The zero-order chi connectivity index (χ0) is 10.1. The molecular formula is C9H11ClO2Pd. The first-order chi connectivity index (χ1) is 6.28. The van der Waals surface area contributed by atoms with E-state index < -0.39 is 0 Å². The van der Waals surface area contributed by atoms with Crippen molar-refractivity contribution in [2.75, 3.05) is 18.6 Å². The van der Waals surface area contributed by atoms with Gasteiger partial charge in [-0.25, -0.2) is 0 Å². The first kappa shape index (κ1) is 12.8. The van der Waals surface area contributed by atoms with Crippen molar-refractivity contribution in [3.8, 4) is 11.5 Å². The van der Waals surface area contributed by atoms with Gasteiger partial charge in [-0.05, 0) is 18.2 Å². The quantitative estimate of drug-likeness (QED) is 0.615. The Morgan fingerprint density at radius 1 is 1.38 bits per heavy atom. The van der Waals surface area contributed by atoms with Crippen LogP contribution in [-0.4, -0.2) is 18.6 Å². The molecule has 0 aliphatic heterocycles. The van der Waals surface area contributed by atoms with E-state index in [0.29, 0.717) is 4.35 Å². The number of hydrogen-bond acceptors (Lipinski definition) is 2. The van der Waals surface area contributed by atoms with Crippen molar-refractivity contribution in [3.05, 3.63) is 24.3 Å². The van der Waals surface area contributed by atoms with Gasteiger partial charge in [0.1, 0.15) is 11.5 Å². The molecule has 0 aromatic heterocycles. The monoisotopic (exact) mass is 292 g/mol. The van der Waals surface area contributed by atoms with Crippen LogP contribution in [0.5, 0.6) is 11.5 Å². The van der Waals surface area contributed by atoms with Gasteiger partial charge in [-0.3, -0.25) is 0 Å². The number of hydrogen-bond donors (Lipinski definition) is 0. The maximum absolute atomic E-state index is 4.93. The van der Waals surface area contributed by atoms with Crippen LogP contribution >= 0.6 is 11.6 Å². The van der Waals surface area contributed by atoms with Crippen molar-refractivity contribution in [2.45, 2.75) is 0 Å². The average Bonchev–Trinajstić information content (AvgIpc) is 2.19. The number of methoxy groups -OCH3 is 2. The molecule has 0 spiro atoms. The SMILES string of the molecule is COc1[c]cc(OC)cc1.Cl[CH2][Pd]. The molecule has 2 nitrogen and oxygen atoms in total. The minimum absolute atomic E-state index is 0.572. The third kappa shape index (κ3) is 5.93. The van der Waals surface area contributed by atoms with Crippen molar-refractivity contribution in [3.63, 3.8) is 0 Å². The molecule has 0 bridgehead atoms. The van der Waals surface area contributed by atoms with Crippen LogP contribution in [0.4, 0.5) is 0 Å². The molecule has 0 amide bonds. The Hall–Kier alpha value is -0.228. The normalized spacial score (nSPS) is 8.38. The molecule has 0 aliphatic rings. The number of rotatable bonds is 2. The van der Waals surface area contributed by atoms with Gasteiger partial charge in [0.25, 0.3) is 0 Å². The van der Waals surface area contributed by atoms with E-state index >= 15 is 0 Å². The van der Waals surface area contributed by atoms with Gasteiger partial charge in [0.15, 0.2) is 0 Å². The van der Waals surface area contributed by atoms with Crippen LogP contribution in [0.15, 0.2) is 18.2 Å². The van der Waals surface area contributed by atoms with Gasteiger partial charge in [-0.2, -0.15) is 0 Å². The van der Waals surface area contributed by atoms with Crippen molar-refractivity contribution in [1.29, 1.82) is 0 Å². The topological polar surface area (TPSA) is 18.5 Å². The van der Waals surface area contributed by atoms with Gasteiger partial charge >= 0.3 is 35.2 Å². The van der Waals surface area contributed by atoms with Crippen molar-refractivity contribution < 1.29 is 28.7 Å².